The molecule has 2 aromatic rings. The molecule has 0 saturated heterocycles. The van der Waals surface area contributed by atoms with Crippen molar-refractivity contribution in [2.45, 2.75) is 46.1 Å². The van der Waals surface area contributed by atoms with Crippen LogP contribution in [0.2, 0.25) is 0 Å². The van der Waals surface area contributed by atoms with E-state index in [0.717, 1.165) is 35.1 Å². The third-order valence-electron chi connectivity index (χ3n) is 4.40. The Morgan fingerprint density at radius 2 is 1.88 bits per heavy atom. The van der Waals surface area contributed by atoms with E-state index >= 15 is 0 Å². The maximum atomic E-state index is 11.4. The zero-order valence-corrected chi connectivity index (χ0v) is 20.6. The van der Waals surface area contributed by atoms with Crippen LogP contribution in [0.5, 0.6) is 0 Å². The molecule has 0 bridgehead atoms. The van der Waals surface area contributed by atoms with Crippen LogP contribution in [-0.2, 0) is 16.0 Å². The van der Waals surface area contributed by atoms with Gasteiger partial charge in [0.25, 0.3) is 0 Å². The number of fused-ring (bicyclic) bond motifs is 1. The number of alkyl carbamates (subject to hydrolysis) is 1. The molecule has 2 amide bonds. The lowest BCUT2D eigenvalue weighted by molar-refractivity contribution is -0.116. The summed E-state index contributed by atoms with van der Waals surface area (Å²) in [6, 6.07) is 13.3. The van der Waals surface area contributed by atoms with E-state index in [1.165, 1.54) is 5.56 Å². The Morgan fingerprint density at radius 1 is 1.19 bits per heavy atom. The minimum atomic E-state index is -0.492. The van der Waals surface area contributed by atoms with Crippen molar-refractivity contribution in [2.75, 3.05) is 23.7 Å². The van der Waals surface area contributed by atoms with Gasteiger partial charge in [0, 0.05) is 34.9 Å². The summed E-state index contributed by atoms with van der Waals surface area (Å²) in [5.74, 6) is 5.88. The number of hydrogen-bond acceptors (Lipinski definition) is 4. The highest BCUT2D eigenvalue weighted by atomic mass is 79.9. The molecule has 1 aliphatic heterocycles. The monoisotopic (exact) mass is 499 g/mol. The van der Waals surface area contributed by atoms with Crippen LogP contribution in [0.4, 0.5) is 16.2 Å². The summed E-state index contributed by atoms with van der Waals surface area (Å²) in [5, 5.41) is 2.56. The van der Waals surface area contributed by atoms with Gasteiger partial charge in [0.05, 0.1) is 6.54 Å². The van der Waals surface area contributed by atoms with Crippen LogP contribution in [0, 0.1) is 11.8 Å². The number of nitrogen functional groups attached to an aromatic ring is 1. The fourth-order valence-electron chi connectivity index (χ4n) is 3.04. The Kier molecular flexibility index (Phi) is 9.15. The average molecular weight is 500 g/mol. The zero-order valence-electron chi connectivity index (χ0n) is 19.0. The second-order valence-corrected chi connectivity index (χ2v) is 9.24. The van der Waals surface area contributed by atoms with E-state index in [1.807, 2.05) is 49.9 Å². The highest BCUT2D eigenvalue weighted by Gasteiger charge is 2.19. The number of nitrogens with zero attached hydrogens (tertiary/aromatic N) is 1. The third kappa shape index (κ3) is 8.64. The Hall–Kier alpha value is -2.98. The first-order valence-corrected chi connectivity index (χ1v) is 11.2. The quantitative estimate of drug-likeness (QED) is 0.431. The third-order valence-corrected chi connectivity index (χ3v) is 4.90. The van der Waals surface area contributed by atoms with Crippen molar-refractivity contribution in [1.29, 1.82) is 0 Å². The Bertz CT molecular complexity index is 1000. The molecule has 0 aliphatic carbocycles. The lowest BCUT2D eigenvalue weighted by atomic mass is 10.0. The number of carbonyl (C=O) groups excluding carboxylic acids is 2. The fourth-order valence-corrected chi connectivity index (χ4v) is 3.44. The smallest absolute Gasteiger partial charge is 0.408 e. The van der Waals surface area contributed by atoms with Crippen LogP contribution in [0.25, 0.3) is 0 Å². The summed E-state index contributed by atoms with van der Waals surface area (Å²) in [4.78, 5) is 24.5. The maximum Gasteiger partial charge on any atom is 0.408 e. The van der Waals surface area contributed by atoms with Crippen molar-refractivity contribution in [3.05, 3.63) is 58.1 Å². The fraction of sp³-hybridized carbons (Fsp3) is 0.360. The van der Waals surface area contributed by atoms with Crippen LogP contribution in [0.15, 0.2) is 46.9 Å². The summed E-state index contributed by atoms with van der Waals surface area (Å²) in [6.45, 7) is 8.16. The summed E-state index contributed by atoms with van der Waals surface area (Å²) >= 11 is 3.44. The van der Waals surface area contributed by atoms with Gasteiger partial charge >= 0.3 is 6.09 Å². The van der Waals surface area contributed by atoms with Crippen molar-refractivity contribution < 1.29 is 14.3 Å². The van der Waals surface area contributed by atoms with E-state index in [0.29, 0.717) is 5.69 Å². The molecule has 0 aromatic heterocycles. The van der Waals surface area contributed by atoms with E-state index in [1.54, 1.807) is 19.1 Å². The number of carbonyl (C=O) groups is 2. The lowest BCUT2D eigenvalue weighted by Crippen LogP contribution is -2.33. The van der Waals surface area contributed by atoms with Crippen molar-refractivity contribution in [3.8, 4) is 11.8 Å². The van der Waals surface area contributed by atoms with Gasteiger partial charge < -0.3 is 20.7 Å². The second-order valence-electron chi connectivity index (χ2n) is 8.33. The van der Waals surface area contributed by atoms with Crippen molar-refractivity contribution in [2.24, 2.45) is 0 Å². The number of anilines is 2. The Labute approximate surface area is 198 Å². The molecule has 32 heavy (non-hydrogen) atoms. The molecule has 170 valence electrons. The first-order valence-electron chi connectivity index (χ1n) is 10.4. The number of rotatable bonds is 1. The minimum absolute atomic E-state index is 0.133. The molecular formula is C25H30BrN3O3. The van der Waals surface area contributed by atoms with E-state index in [4.69, 9.17) is 10.5 Å². The predicted octanol–water partition coefficient (Wildman–Crippen LogP) is 4.89. The molecule has 0 radical (unpaired) electrons. The molecule has 3 N–H and O–H groups in total. The Balaban J connectivity index is 0.000000233. The molecule has 3 rings (SSSR count). The second kappa shape index (κ2) is 11.6. The van der Waals surface area contributed by atoms with Gasteiger partial charge in [-0.3, -0.25) is 4.79 Å². The van der Waals surface area contributed by atoms with Crippen LogP contribution in [-0.4, -0.2) is 30.7 Å². The zero-order chi connectivity index (χ0) is 23.7. The van der Waals surface area contributed by atoms with Crippen molar-refractivity contribution in [1.82, 2.24) is 5.32 Å². The molecule has 7 heteroatoms. The van der Waals surface area contributed by atoms with Gasteiger partial charge in [-0.15, -0.1) is 0 Å². The summed E-state index contributed by atoms with van der Waals surface area (Å²) in [6.07, 6.45) is 1.66. The summed E-state index contributed by atoms with van der Waals surface area (Å²) < 4.78 is 6.16. The molecule has 0 saturated carbocycles. The maximum absolute atomic E-state index is 11.4. The highest BCUT2D eigenvalue weighted by Crippen LogP contribution is 2.29. The Morgan fingerprint density at radius 3 is 2.50 bits per heavy atom. The number of benzene rings is 2. The molecule has 1 heterocycles. The SMILES string of the molecule is CC(=O)N1CCCc2cc(Br)ccc21.CC(C)(C)OC(=O)NCC#Cc1ccc(N)cc1. The molecular weight excluding hydrogens is 470 g/mol. The van der Waals surface area contributed by atoms with Gasteiger partial charge in [0.2, 0.25) is 5.91 Å². The van der Waals surface area contributed by atoms with Crippen molar-refractivity contribution in [3.63, 3.8) is 0 Å². The van der Waals surface area contributed by atoms with Gasteiger partial charge in [-0.1, -0.05) is 27.8 Å². The molecule has 0 fully saturated rings. The number of halogens is 1. The standard InChI is InChI=1S/C14H18N2O2.C11H12BrNO/c1-14(2,3)18-13(17)16-10-4-5-11-6-8-12(15)9-7-11;1-8(14)13-6-2-3-9-7-10(12)4-5-11(9)13/h6-9H,10,15H2,1-3H3,(H,16,17);4-5,7H,2-3,6H2,1H3. The van der Waals surface area contributed by atoms with Crippen molar-refractivity contribution >= 4 is 39.3 Å². The van der Waals surface area contributed by atoms with E-state index in [9.17, 15) is 9.59 Å². The van der Waals surface area contributed by atoms with Crippen LogP contribution in [0.1, 0.15) is 45.2 Å². The highest BCUT2D eigenvalue weighted by molar-refractivity contribution is 9.10. The molecule has 6 nitrogen and oxygen atoms in total. The van der Waals surface area contributed by atoms with E-state index in [2.05, 4.69) is 39.2 Å². The van der Waals surface area contributed by atoms with E-state index < -0.39 is 11.7 Å². The number of nitrogens with one attached hydrogen (secondary N) is 1. The average Bonchev–Trinajstić information content (AvgIpc) is 2.71. The molecule has 2 aromatic carbocycles. The molecule has 0 spiro atoms. The first kappa shape index (κ1) is 25.3. The number of hydrogen-bond donors (Lipinski definition) is 2. The van der Waals surface area contributed by atoms with Gasteiger partial charge in [-0.2, -0.15) is 0 Å². The summed E-state index contributed by atoms with van der Waals surface area (Å²) in [5.41, 5.74) is 8.97. The topological polar surface area (TPSA) is 84.7 Å². The minimum Gasteiger partial charge on any atom is -0.444 e. The van der Waals surface area contributed by atoms with Crippen LogP contribution in [0.3, 0.4) is 0 Å². The number of ether oxygens (including phenoxy) is 1. The van der Waals surface area contributed by atoms with Gasteiger partial charge in [-0.05, 0) is 81.6 Å². The van der Waals surface area contributed by atoms with Crippen LogP contribution >= 0.6 is 15.9 Å². The normalized spacial score (nSPS) is 12.3. The summed E-state index contributed by atoms with van der Waals surface area (Å²) in [7, 11) is 0. The molecule has 1 aliphatic rings. The van der Waals surface area contributed by atoms with E-state index in [-0.39, 0.29) is 12.5 Å². The van der Waals surface area contributed by atoms with Gasteiger partial charge in [0.15, 0.2) is 0 Å². The first-order chi connectivity index (χ1) is 15.0. The molecule has 0 atom stereocenters. The number of amides is 2. The molecule has 0 unspecified atom stereocenters. The van der Waals surface area contributed by atoms with Crippen LogP contribution < -0.4 is 16.0 Å². The largest absolute Gasteiger partial charge is 0.444 e. The number of aryl methyl sites for hydroxylation is 1. The number of nitrogens with two attached hydrogens (primary N) is 1. The van der Waals surface area contributed by atoms with Gasteiger partial charge in [-0.25, -0.2) is 4.79 Å². The van der Waals surface area contributed by atoms with Gasteiger partial charge in [0.1, 0.15) is 5.60 Å². The predicted molar refractivity (Wildman–Crippen MR) is 132 cm³/mol. The lowest BCUT2D eigenvalue weighted by Gasteiger charge is -2.28.